The van der Waals surface area contributed by atoms with Gasteiger partial charge in [-0.05, 0) is 25.0 Å². The van der Waals surface area contributed by atoms with Gasteiger partial charge in [-0.15, -0.1) is 0 Å². The van der Waals surface area contributed by atoms with Gasteiger partial charge in [0, 0.05) is 36.1 Å². The molecule has 0 saturated heterocycles. The minimum absolute atomic E-state index is 0.0377. The molecule has 0 bridgehead atoms. The molecule has 1 aliphatic carbocycles. The molecule has 1 amide bonds. The number of hydrogen-bond donors (Lipinski definition) is 1. The van der Waals surface area contributed by atoms with Crippen LogP contribution >= 0.6 is 11.8 Å². The summed E-state index contributed by atoms with van der Waals surface area (Å²) in [7, 11) is 0. The number of nitrogens with zero attached hydrogens (tertiary/aromatic N) is 3. The molecule has 0 radical (unpaired) electrons. The highest BCUT2D eigenvalue weighted by molar-refractivity contribution is 7.99. The molecule has 1 aromatic carbocycles. The van der Waals surface area contributed by atoms with Crippen molar-refractivity contribution >= 4 is 29.0 Å². The van der Waals surface area contributed by atoms with Crippen molar-refractivity contribution in [1.29, 1.82) is 0 Å². The molecule has 2 aromatic rings. The first-order valence-electron chi connectivity index (χ1n) is 7.29. The number of rotatable bonds is 6. The number of nitro benzene ring substituents is 1. The molecule has 9 heteroatoms. The largest absolute Gasteiger partial charge is 0.325 e. The maximum Gasteiger partial charge on any atom is 0.273 e. The number of nitrogens with one attached hydrogen (secondary N) is 1. The van der Waals surface area contributed by atoms with Crippen LogP contribution in [0.2, 0.25) is 0 Å². The summed E-state index contributed by atoms with van der Waals surface area (Å²) in [5, 5.41) is 13.8. The number of carbonyl (C=O) groups is 1. The van der Waals surface area contributed by atoms with E-state index < -0.39 is 4.92 Å². The molecule has 1 aromatic heterocycles. The highest BCUT2D eigenvalue weighted by Crippen LogP contribution is 2.36. The van der Waals surface area contributed by atoms with Crippen LogP contribution in [0, 0.1) is 10.1 Å². The number of carbonyl (C=O) groups excluding carboxylic acids is 1. The van der Waals surface area contributed by atoms with Gasteiger partial charge >= 0.3 is 0 Å². The smallest absolute Gasteiger partial charge is 0.273 e. The molecule has 124 valence electrons. The van der Waals surface area contributed by atoms with E-state index in [0.29, 0.717) is 16.9 Å². The molecule has 8 nitrogen and oxygen atoms in total. The van der Waals surface area contributed by atoms with Gasteiger partial charge in [-0.3, -0.25) is 19.7 Å². The number of thioether (sulfide) groups is 1. The Labute approximate surface area is 141 Å². The van der Waals surface area contributed by atoms with E-state index in [9.17, 15) is 19.7 Å². The zero-order valence-electron chi connectivity index (χ0n) is 12.5. The van der Waals surface area contributed by atoms with Gasteiger partial charge in [0.15, 0.2) is 5.16 Å². The SMILES string of the molecule is O=C(CSc1nc(=O)ccn1C1CC1)Nc1ccc([N+](=O)[O-])cc1. The minimum atomic E-state index is -0.500. The van der Waals surface area contributed by atoms with Gasteiger partial charge in [0.05, 0.1) is 10.7 Å². The van der Waals surface area contributed by atoms with Crippen LogP contribution in [0.25, 0.3) is 0 Å². The fraction of sp³-hybridized carbons (Fsp3) is 0.267. The Hall–Kier alpha value is -2.68. The Morgan fingerprint density at radius 3 is 2.67 bits per heavy atom. The second-order valence-electron chi connectivity index (χ2n) is 5.33. The van der Waals surface area contributed by atoms with Gasteiger partial charge < -0.3 is 9.88 Å². The third kappa shape index (κ3) is 3.99. The van der Waals surface area contributed by atoms with Crippen LogP contribution in [0.4, 0.5) is 11.4 Å². The summed E-state index contributed by atoms with van der Waals surface area (Å²) in [6, 6.07) is 7.37. The van der Waals surface area contributed by atoms with E-state index in [4.69, 9.17) is 0 Å². The second-order valence-corrected chi connectivity index (χ2v) is 6.27. The van der Waals surface area contributed by atoms with Crippen LogP contribution in [0.15, 0.2) is 46.5 Å². The highest BCUT2D eigenvalue weighted by atomic mass is 32.2. The third-order valence-electron chi connectivity index (χ3n) is 3.44. The number of anilines is 1. The van der Waals surface area contributed by atoms with E-state index in [2.05, 4.69) is 10.3 Å². The fourth-order valence-electron chi connectivity index (χ4n) is 2.13. The molecule has 1 heterocycles. The van der Waals surface area contributed by atoms with Crippen molar-refractivity contribution in [3.63, 3.8) is 0 Å². The number of non-ortho nitro benzene ring substituents is 1. The molecule has 1 N–H and O–H groups in total. The lowest BCUT2D eigenvalue weighted by Gasteiger charge is -2.10. The van der Waals surface area contributed by atoms with E-state index in [1.165, 1.54) is 42.1 Å². The standard InChI is InChI=1S/C15H14N4O4S/c20-13-7-8-18(11-5-6-11)15(17-13)24-9-14(21)16-10-1-3-12(4-2-10)19(22)23/h1-4,7-8,11H,5-6,9H2,(H,16,21). The van der Waals surface area contributed by atoms with Crippen LogP contribution < -0.4 is 10.9 Å². The van der Waals surface area contributed by atoms with Crippen LogP contribution in [0.1, 0.15) is 18.9 Å². The molecule has 0 spiro atoms. The molecular weight excluding hydrogens is 332 g/mol. The van der Waals surface area contributed by atoms with Crippen LogP contribution in [0.3, 0.4) is 0 Å². The first-order chi connectivity index (χ1) is 11.5. The zero-order chi connectivity index (χ0) is 17.1. The lowest BCUT2D eigenvalue weighted by atomic mass is 10.3. The summed E-state index contributed by atoms with van der Waals surface area (Å²) in [5.41, 5.74) is 0.112. The van der Waals surface area contributed by atoms with Crippen molar-refractivity contribution in [1.82, 2.24) is 9.55 Å². The summed E-state index contributed by atoms with van der Waals surface area (Å²) >= 11 is 1.20. The van der Waals surface area contributed by atoms with E-state index in [1.54, 1.807) is 6.20 Å². The molecule has 1 saturated carbocycles. The van der Waals surface area contributed by atoms with Gasteiger partial charge in [0.1, 0.15) is 0 Å². The Balaban J connectivity index is 1.60. The Morgan fingerprint density at radius 1 is 1.33 bits per heavy atom. The summed E-state index contributed by atoms with van der Waals surface area (Å²) in [6.45, 7) is 0. The van der Waals surface area contributed by atoms with Crippen LogP contribution in [-0.2, 0) is 4.79 Å². The van der Waals surface area contributed by atoms with Crippen molar-refractivity contribution < 1.29 is 9.72 Å². The van der Waals surface area contributed by atoms with Crippen molar-refractivity contribution in [2.45, 2.75) is 24.0 Å². The van der Waals surface area contributed by atoms with E-state index in [0.717, 1.165) is 12.8 Å². The topological polar surface area (TPSA) is 107 Å². The van der Waals surface area contributed by atoms with Gasteiger partial charge in [-0.1, -0.05) is 11.8 Å². The van der Waals surface area contributed by atoms with Crippen molar-refractivity contribution in [2.75, 3.05) is 11.1 Å². The van der Waals surface area contributed by atoms with E-state index >= 15 is 0 Å². The Morgan fingerprint density at radius 2 is 2.04 bits per heavy atom. The summed E-state index contributed by atoms with van der Waals surface area (Å²) in [6.07, 6.45) is 3.81. The molecule has 1 aliphatic rings. The fourth-order valence-corrected chi connectivity index (χ4v) is 2.97. The first kappa shape index (κ1) is 16.2. The predicted octanol–water partition coefficient (Wildman–Crippen LogP) is 2.22. The average molecular weight is 346 g/mol. The average Bonchev–Trinajstić information content (AvgIpc) is 3.38. The second kappa shape index (κ2) is 6.83. The monoisotopic (exact) mass is 346 g/mol. The van der Waals surface area contributed by atoms with Crippen LogP contribution in [-0.4, -0.2) is 26.1 Å². The number of hydrogen-bond acceptors (Lipinski definition) is 6. The normalized spacial score (nSPS) is 13.5. The maximum atomic E-state index is 12.0. The quantitative estimate of drug-likeness (QED) is 0.372. The number of amides is 1. The number of aromatic nitrogens is 2. The molecule has 0 atom stereocenters. The van der Waals surface area contributed by atoms with Gasteiger partial charge in [0.2, 0.25) is 5.91 Å². The zero-order valence-corrected chi connectivity index (χ0v) is 13.4. The van der Waals surface area contributed by atoms with E-state index in [-0.39, 0.29) is 22.9 Å². The Kier molecular flexibility index (Phi) is 4.61. The van der Waals surface area contributed by atoms with Crippen molar-refractivity contribution in [2.24, 2.45) is 0 Å². The predicted molar refractivity (Wildman–Crippen MR) is 89.2 cm³/mol. The van der Waals surface area contributed by atoms with Crippen LogP contribution in [0.5, 0.6) is 0 Å². The van der Waals surface area contributed by atoms with Crippen molar-refractivity contribution in [3.8, 4) is 0 Å². The lowest BCUT2D eigenvalue weighted by Crippen LogP contribution is -2.17. The van der Waals surface area contributed by atoms with Gasteiger partial charge in [-0.2, -0.15) is 4.98 Å². The Bertz CT molecular complexity index is 830. The number of benzene rings is 1. The molecule has 24 heavy (non-hydrogen) atoms. The van der Waals surface area contributed by atoms with Gasteiger partial charge in [-0.25, -0.2) is 0 Å². The molecule has 0 aliphatic heterocycles. The van der Waals surface area contributed by atoms with Gasteiger partial charge in [0.25, 0.3) is 11.2 Å². The van der Waals surface area contributed by atoms with E-state index in [1.807, 2.05) is 4.57 Å². The summed E-state index contributed by atoms with van der Waals surface area (Å²) < 4.78 is 1.92. The number of nitro groups is 1. The third-order valence-corrected chi connectivity index (χ3v) is 4.41. The molecule has 1 fully saturated rings. The molecule has 3 rings (SSSR count). The molecular formula is C15H14N4O4S. The summed E-state index contributed by atoms with van der Waals surface area (Å²) in [4.78, 5) is 37.5. The first-order valence-corrected chi connectivity index (χ1v) is 8.28. The molecule has 0 unspecified atom stereocenters. The van der Waals surface area contributed by atoms with Crippen molar-refractivity contribution in [3.05, 3.63) is 57.0 Å². The summed E-state index contributed by atoms with van der Waals surface area (Å²) in [5.74, 6) is -0.172. The minimum Gasteiger partial charge on any atom is -0.325 e. The maximum absolute atomic E-state index is 12.0. The highest BCUT2D eigenvalue weighted by Gasteiger charge is 2.25. The lowest BCUT2D eigenvalue weighted by molar-refractivity contribution is -0.384.